The van der Waals surface area contributed by atoms with E-state index < -0.39 is 23.1 Å². The van der Waals surface area contributed by atoms with Crippen LogP contribution in [0.1, 0.15) is 6.42 Å². The molecule has 148 valence electrons. The lowest BCUT2D eigenvalue weighted by atomic mass is 10.2. The van der Waals surface area contributed by atoms with Crippen molar-refractivity contribution in [1.82, 2.24) is 5.32 Å². The second kappa shape index (κ2) is 7.47. The third kappa shape index (κ3) is 3.93. The van der Waals surface area contributed by atoms with Gasteiger partial charge >= 0.3 is 6.36 Å². The Morgan fingerprint density at radius 1 is 1.00 bits per heavy atom. The average molecular weight is 403 g/mol. The molecule has 0 saturated heterocycles. The molecule has 0 atom stereocenters. The number of anilines is 3. The highest BCUT2D eigenvalue weighted by Crippen LogP contribution is 2.65. The number of nitrogens with one attached hydrogen (secondary N) is 1. The normalized spacial score (nSPS) is 17.0. The molecular weight excluding hydrogens is 383 g/mol. The molecular formula is C17H20F3N3O3S. The van der Waals surface area contributed by atoms with E-state index in [9.17, 15) is 22.3 Å². The van der Waals surface area contributed by atoms with Crippen LogP contribution in [0.4, 0.5) is 30.2 Å². The molecule has 0 radical (unpaired) electrons. The van der Waals surface area contributed by atoms with Crippen LogP contribution >= 0.6 is 11.0 Å². The lowest BCUT2D eigenvalue weighted by molar-refractivity contribution is -0.274. The van der Waals surface area contributed by atoms with Crippen molar-refractivity contribution < 1.29 is 27.0 Å². The minimum absolute atomic E-state index is 0.0709. The molecule has 0 bridgehead atoms. The Labute approximate surface area is 156 Å². The summed E-state index contributed by atoms with van der Waals surface area (Å²) < 4.78 is 66.9. The SMILES string of the molecule is CNCCCN1c2ccccc2N(c2ccccc2OC(F)(F)F)S1(O)O. The topological polar surface area (TPSA) is 68.2 Å². The molecule has 0 amide bonds. The van der Waals surface area contributed by atoms with Crippen LogP contribution in [-0.2, 0) is 0 Å². The van der Waals surface area contributed by atoms with E-state index in [2.05, 4.69) is 10.1 Å². The number of hydrogen-bond acceptors (Lipinski definition) is 6. The van der Waals surface area contributed by atoms with Crippen LogP contribution in [0, 0.1) is 0 Å². The minimum Gasteiger partial charge on any atom is -0.403 e. The molecule has 0 aromatic heterocycles. The highest BCUT2D eigenvalue weighted by atomic mass is 32.3. The summed E-state index contributed by atoms with van der Waals surface area (Å²) in [6.45, 7) is 0.973. The molecule has 0 saturated carbocycles. The lowest BCUT2D eigenvalue weighted by Crippen LogP contribution is -2.33. The molecule has 3 rings (SSSR count). The number of nitrogens with zero attached hydrogens (tertiary/aromatic N) is 2. The summed E-state index contributed by atoms with van der Waals surface area (Å²) in [6, 6.07) is 12.2. The number of alkyl halides is 3. The fourth-order valence-electron chi connectivity index (χ4n) is 2.95. The van der Waals surface area contributed by atoms with Gasteiger partial charge in [-0.15, -0.1) is 13.2 Å². The number of ether oxygens (including phenoxy) is 1. The van der Waals surface area contributed by atoms with Crippen molar-refractivity contribution in [3.8, 4) is 5.75 Å². The molecule has 2 aromatic rings. The van der Waals surface area contributed by atoms with Gasteiger partial charge in [-0.05, 0) is 55.2 Å². The van der Waals surface area contributed by atoms with E-state index in [0.29, 0.717) is 30.9 Å². The number of hydrogen-bond donors (Lipinski definition) is 3. The van der Waals surface area contributed by atoms with E-state index in [1.807, 2.05) is 0 Å². The first kappa shape index (κ1) is 19.6. The smallest absolute Gasteiger partial charge is 0.403 e. The number of benzene rings is 2. The average Bonchev–Trinajstić information content (AvgIpc) is 2.81. The van der Waals surface area contributed by atoms with Gasteiger partial charge in [0.25, 0.3) is 0 Å². The van der Waals surface area contributed by atoms with E-state index in [0.717, 1.165) is 10.4 Å². The van der Waals surface area contributed by atoms with E-state index in [1.54, 1.807) is 31.3 Å². The second-order valence-electron chi connectivity index (χ2n) is 5.85. The second-order valence-corrected chi connectivity index (χ2v) is 7.63. The molecule has 1 aliphatic rings. The van der Waals surface area contributed by atoms with Crippen LogP contribution in [0.25, 0.3) is 0 Å². The summed E-state index contributed by atoms with van der Waals surface area (Å²) in [5, 5.41) is 2.98. The molecule has 0 spiro atoms. The van der Waals surface area contributed by atoms with Gasteiger partial charge in [-0.1, -0.05) is 24.3 Å². The van der Waals surface area contributed by atoms with Gasteiger partial charge in [0.2, 0.25) is 0 Å². The largest absolute Gasteiger partial charge is 0.573 e. The summed E-state index contributed by atoms with van der Waals surface area (Å²) in [4.78, 5) is 0. The molecule has 1 heterocycles. The van der Waals surface area contributed by atoms with Gasteiger partial charge < -0.3 is 10.1 Å². The van der Waals surface area contributed by atoms with E-state index >= 15 is 0 Å². The maximum atomic E-state index is 12.8. The Bertz CT molecular complexity index is 804. The predicted molar refractivity (Wildman–Crippen MR) is 100 cm³/mol. The molecule has 0 fully saturated rings. The molecule has 0 aliphatic carbocycles. The van der Waals surface area contributed by atoms with E-state index in [4.69, 9.17) is 0 Å². The minimum atomic E-state index is -4.90. The number of fused-ring (bicyclic) bond motifs is 1. The first-order valence-corrected chi connectivity index (χ1v) is 9.66. The summed E-state index contributed by atoms with van der Waals surface area (Å²) in [5.41, 5.74) is 0.869. The molecule has 0 unspecified atom stereocenters. The molecule has 6 nitrogen and oxygen atoms in total. The van der Waals surface area contributed by atoms with Crippen molar-refractivity contribution >= 4 is 28.0 Å². The van der Waals surface area contributed by atoms with Crippen LogP contribution < -0.4 is 18.7 Å². The van der Waals surface area contributed by atoms with Gasteiger partial charge in [0.1, 0.15) is 5.69 Å². The Morgan fingerprint density at radius 3 is 2.22 bits per heavy atom. The van der Waals surface area contributed by atoms with E-state index in [-0.39, 0.29) is 5.69 Å². The van der Waals surface area contributed by atoms with Gasteiger partial charge in [0.15, 0.2) is 5.75 Å². The zero-order valence-corrected chi connectivity index (χ0v) is 15.3. The molecule has 10 heteroatoms. The van der Waals surface area contributed by atoms with Crippen molar-refractivity contribution in [3.63, 3.8) is 0 Å². The quantitative estimate of drug-likeness (QED) is 0.606. The lowest BCUT2D eigenvalue weighted by Gasteiger charge is -2.44. The summed E-state index contributed by atoms with van der Waals surface area (Å²) in [6.07, 6.45) is -4.28. The fourth-order valence-corrected chi connectivity index (χ4v) is 4.77. The van der Waals surface area contributed by atoms with E-state index in [1.165, 1.54) is 22.5 Å². The predicted octanol–water partition coefficient (Wildman–Crippen LogP) is 4.73. The highest BCUT2D eigenvalue weighted by molar-refractivity contribution is 8.27. The van der Waals surface area contributed by atoms with Crippen molar-refractivity contribution in [2.45, 2.75) is 12.8 Å². The Kier molecular flexibility index (Phi) is 5.43. The fraction of sp³-hybridized carbons (Fsp3) is 0.294. The van der Waals surface area contributed by atoms with Gasteiger partial charge in [0.05, 0.1) is 11.4 Å². The summed E-state index contributed by atoms with van der Waals surface area (Å²) in [7, 11) is -1.82. The van der Waals surface area contributed by atoms with Gasteiger partial charge in [0, 0.05) is 6.54 Å². The van der Waals surface area contributed by atoms with Crippen molar-refractivity contribution in [3.05, 3.63) is 48.5 Å². The standard InChI is InChI=1S/C17H20F3N3O3S/c1-21-11-6-12-22-13-7-2-3-8-14(13)23(27(22,24)25)15-9-4-5-10-16(15)26-17(18,19)20/h2-5,7-10,21,24-25H,6,11-12H2,1H3. The van der Waals surface area contributed by atoms with Crippen LogP contribution in [0.3, 0.4) is 0 Å². The highest BCUT2D eigenvalue weighted by Gasteiger charge is 2.43. The van der Waals surface area contributed by atoms with Crippen molar-refractivity contribution in [1.29, 1.82) is 0 Å². The zero-order valence-electron chi connectivity index (χ0n) is 14.5. The van der Waals surface area contributed by atoms with Crippen LogP contribution in [-0.4, -0.2) is 35.6 Å². The first-order valence-electron chi connectivity index (χ1n) is 8.20. The number of halogens is 3. The maximum Gasteiger partial charge on any atom is 0.573 e. The van der Waals surface area contributed by atoms with Gasteiger partial charge in [-0.3, -0.25) is 13.4 Å². The maximum absolute atomic E-state index is 12.8. The third-order valence-corrected chi connectivity index (χ3v) is 5.86. The van der Waals surface area contributed by atoms with Gasteiger partial charge in [-0.25, -0.2) is 4.31 Å². The third-order valence-electron chi connectivity index (χ3n) is 4.01. The Hall–Kier alpha value is -2.14. The summed E-state index contributed by atoms with van der Waals surface area (Å²) >= 11 is 0. The molecule has 3 N–H and O–H groups in total. The zero-order chi connectivity index (χ0) is 19.7. The number of rotatable bonds is 6. The number of para-hydroxylation sites is 4. The molecule has 1 aliphatic heterocycles. The first-order chi connectivity index (χ1) is 12.8. The molecule has 2 aromatic carbocycles. The van der Waals surface area contributed by atoms with Crippen LogP contribution in [0.5, 0.6) is 5.75 Å². The Balaban J connectivity index is 2.06. The van der Waals surface area contributed by atoms with Crippen LogP contribution in [0.2, 0.25) is 0 Å². The van der Waals surface area contributed by atoms with Gasteiger partial charge in [-0.2, -0.15) is 0 Å². The van der Waals surface area contributed by atoms with Crippen molar-refractivity contribution in [2.75, 3.05) is 28.7 Å². The van der Waals surface area contributed by atoms with Crippen LogP contribution in [0.15, 0.2) is 48.5 Å². The summed E-state index contributed by atoms with van der Waals surface area (Å²) in [5.74, 6) is -0.503. The monoisotopic (exact) mass is 403 g/mol. The van der Waals surface area contributed by atoms with Crippen molar-refractivity contribution in [2.24, 2.45) is 0 Å². The molecule has 27 heavy (non-hydrogen) atoms. The Morgan fingerprint density at radius 2 is 1.59 bits per heavy atom.